The van der Waals surface area contributed by atoms with Crippen molar-refractivity contribution < 1.29 is 24.1 Å². The van der Waals surface area contributed by atoms with Crippen LogP contribution in [0.1, 0.15) is 17.5 Å². The van der Waals surface area contributed by atoms with Gasteiger partial charge in [-0.2, -0.15) is 23.9 Å². The molecule has 162 valence electrons. The third-order valence-corrected chi connectivity index (χ3v) is 5.19. The van der Waals surface area contributed by atoms with E-state index in [0.29, 0.717) is 35.4 Å². The molecule has 0 spiro atoms. The Labute approximate surface area is 183 Å². The highest BCUT2D eigenvalue weighted by molar-refractivity contribution is 5.62. The van der Waals surface area contributed by atoms with E-state index < -0.39 is 5.56 Å². The second-order valence-corrected chi connectivity index (χ2v) is 7.33. The van der Waals surface area contributed by atoms with Crippen LogP contribution in [0.25, 0.3) is 11.2 Å². The molecule has 2 aromatic carbocycles. The van der Waals surface area contributed by atoms with Crippen LogP contribution in [0.4, 0.5) is 0 Å². The van der Waals surface area contributed by atoms with Crippen LogP contribution in [-0.4, -0.2) is 26.4 Å². The molecule has 0 amide bonds. The van der Waals surface area contributed by atoms with Crippen LogP contribution >= 0.6 is 0 Å². The number of H-pyrrole nitrogens is 1. The first-order chi connectivity index (χ1) is 15.5. The Bertz CT molecular complexity index is 1370. The van der Waals surface area contributed by atoms with Gasteiger partial charge in [-0.25, -0.2) is 4.79 Å². The highest BCUT2D eigenvalue weighted by Crippen LogP contribution is 2.21. The lowest BCUT2D eigenvalue weighted by Crippen LogP contribution is -2.44. The molecule has 0 atom stereocenters. The molecule has 9 nitrogen and oxygen atoms in total. The molecule has 4 rings (SSSR count). The van der Waals surface area contributed by atoms with E-state index in [4.69, 9.17) is 4.74 Å². The number of rotatable bonds is 7. The first-order valence-corrected chi connectivity index (χ1v) is 10.1. The van der Waals surface area contributed by atoms with Gasteiger partial charge >= 0.3 is 23.2 Å². The number of hydrogen-bond donors (Lipinski definition) is 3. The van der Waals surface area contributed by atoms with E-state index in [-0.39, 0.29) is 25.2 Å². The van der Waals surface area contributed by atoms with Crippen molar-refractivity contribution in [1.82, 2.24) is 9.55 Å². The van der Waals surface area contributed by atoms with E-state index in [1.807, 2.05) is 30.3 Å². The zero-order chi connectivity index (χ0) is 22.7. The maximum Gasteiger partial charge on any atom is 0.463 e. The van der Waals surface area contributed by atoms with Crippen LogP contribution in [0.15, 0.2) is 59.4 Å². The molecule has 0 aliphatic carbocycles. The largest absolute Gasteiger partial charge is 0.463 e. The van der Waals surface area contributed by atoms with E-state index in [2.05, 4.69) is 11.1 Å². The first kappa shape index (κ1) is 21.1. The molecule has 0 fully saturated rings. The summed E-state index contributed by atoms with van der Waals surface area (Å²) in [5.74, 6) is 0.435. The van der Waals surface area contributed by atoms with Crippen LogP contribution in [0.2, 0.25) is 0 Å². The standard InChI is InChI=1S/C23H21N5O4/c1-26-20-19(21(30)27(23(26)31)11-6-12-29)28(15-16-7-3-2-4-8-16)22(25-20)32-18-10-5-9-17(13-18)14-24/h2-5,7-10,13,29H,6,11-12,15H2,1H3/p+2. The summed E-state index contributed by atoms with van der Waals surface area (Å²) in [6.45, 7) is 0.407. The molecule has 2 aromatic heterocycles. The number of aryl methyl sites for hydroxylation is 1. The van der Waals surface area contributed by atoms with E-state index in [1.165, 1.54) is 9.13 Å². The maximum atomic E-state index is 13.4. The number of aromatic nitrogens is 4. The van der Waals surface area contributed by atoms with Gasteiger partial charge in [0, 0.05) is 13.0 Å². The Morgan fingerprint density at radius 3 is 2.69 bits per heavy atom. The highest BCUT2D eigenvalue weighted by Gasteiger charge is 2.32. The summed E-state index contributed by atoms with van der Waals surface area (Å²) in [5, 5.41) is 29.0. The monoisotopic (exact) mass is 433 g/mol. The minimum Gasteiger partial charge on any atom is -0.458 e. The molecule has 0 radical (unpaired) electrons. The molecule has 0 aliphatic heterocycles. The first-order valence-electron chi connectivity index (χ1n) is 10.1. The third kappa shape index (κ3) is 3.91. The number of imidazole rings is 1. The number of fused-ring (bicyclic) bond motifs is 1. The Hall–Kier alpha value is -4.16. The smallest absolute Gasteiger partial charge is 0.458 e. The van der Waals surface area contributed by atoms with Crippen molar-refractivity contribution >= 4 is 11.2 Å². The van der Waals surface area contributed by atoms with Gasteiger partial charge in [-0.05, 0) is 23.8 Å². The van der Waals surface area contributed by atoms with E-state index >= 15 is 0 Å². The molecular weight excluding hydrogens is 410 g/mol. The molecule has 9 heteroatoms. The van der Waals surface area contributed by atoms with Crippen molar-refractivity contribution in [2.45, 2.75) is 19.5 Å². The normalized spacial score (nSPS) is 10.9. The number of nitrogens with zero attached hydrogens (tertiary/aromatic N) is 4. The number of aliphatic hydroxyl groups excluding tert-OH is 1. The molecule has 32 heavy (non-hydrogen) atoms. The average Bonchev–Trinajstić information content (AvgIpc) is 3.16. The van der Waals surface area contributed by atoms with Gasteiger partial charge in [0.1, 0.15) is 12.3 Å². The molecule has 3 N–H and O–H groups in total. The number of aliphatic hydroxyl groups is 1. The van der Waals surface area contributed by atoms with Crippen LogP contribution in [0.3, 0.4) is 0 Å². The summed E-state index contributed by atoms with van der Waals surface area (Å²) in [4.78, 5) is 16.5. The van der Waals surface area contributed by atoms with Crippen molar-refractivity contribution in [1.29, 1.82) is 5.26 Å². The van der Waals surface area contributed by atoms with Crippen molar-refractivity contribution in [3.63, 3.8) is 0 Å². The summed E-state index contributed by atoms with van der Waals surface area (Å²) < 4.78 is 10.5. The highest BCUT2D eigenvalue weighted by atomic mass is 16.5. The van der Waals surface area contributed by atoms with Gasteiger partial charge in [0.15, 0.2) is 0 Å². The fourth-order valence-corrected chi connectivity index (χ4v) is 3.59. The average molecular weight is 433 g/mol. The Morgan fingerprint density at radius 2 is 1.97 bits per heavy atom. The van der Waals surface area contributed by atoms with Gasteiger partial charge in [0.05, 0.1) is 25.2 Å². The predicted molar refractivity (Wildman–Crippen MR) is 114 cm³/mol. The van der Waals surface area contributed by atoms with Crippen LogP contribution < -0.4 is 19.4 Å². The molecule has 0 saturated heterocycles. The number of ether oxygens (including phenoxy) is 1. The third-order valence-electron chi connectivity index (χ3n) is 5.19. The van der Waals surface area contributed by atoms with Gasteiger partial charge in [-0.1, -0.05) is 36.4 Å². The number of benzene rings is 2. The fourth-order valence-electron chi connectivity index (χ4n) is 3.59. The fraction of sp³-hybridized carbons (Fsp3) is 0.217. The summed E-state index contributed by atoms with van der Waals surface area (Å²) in [5.41, 5.74) is 1.69. The molecule has 0 aliphatic rings. The lowest BCUT2D eigenvalue weighted by molar-refractivity contribution is -0.678. The lowest BCUT2D eigenvalue weighted by atomic mass is 10.2. The Morgan fingerprint density at radius 1 is 1.19 bits per heavy atom. The van der Waals surface area contributed by atoms with Gasteiger partial charge in [-0.3, -0.25) is 0 Å². The second-order valence-electron chi connectivity index (χ2n) is 7.33. The predicted octanol–water partition coefficient (Wildman–Crippen LogP) is 1.24. The van der Waals surface area contributed by atoms with Gasteiger partial charge in [0.2, 0.25) is 0 Å². The molecule has 0 unspecified atom stereocenters. The van der Waals surface area contributed by atoms with Crippen LogP contribution in [0, 0.1) is 11.3 Å². The number of aromatic amines is 1. The van der Waals surface area contributed by atoms with E-state index in [9.17, 15) is 20.3 Å². The quantitative estimate of drug-likeness (QED) is 0.379. The SMILES string of the molecule is C[n+]1c(O)n(CCCO)c(=O)c2c1[nH]c(Oc1cccc(C#N)c1)[n+]2Cc1ccccc1. The second kappa shape index (κ2) is 8.91. The van der Waals surface area contributed by atoms with E-state index in [0.717, 1.165) is 5.56 Å². The van der Waals surface area contributed by atoms with Crippen molar-refractivity contribution in [3.8, 4) is 23.8 Å². The zero-order valence-corrected chi connectivity index (χ0v) is 17.5. The van der Waals surface area contributed by atoms with Gasteiger partial charge in [0.25, 0.3) is 5.52 Å². The van der Waals surface area contributed by atoms with Crippen molar-refractivity contribution in [2.75, 3.05) is 6.61 Å². The Kier molecular flexibility index (Phi) is 5.87. The molecule has 0 saturated carbocycles. The van der Waals surface area contributed by atoms with Gasteiger partial charge < -0.3 is 14.9 Å². The number of hydrogen-bond acceptors (Lipinski definition) is 5. The number of nitrogens with one attached hydrogen (secondary N) is 1. The molecule has 2 heterocycles. The zero-order valence-electron chi connectivity index (χ0n) is 17.5. The molecule has 0 bridgehead atoms. The molecule has 4 aromatic rings. The van der Waals surface area contributed by atoms with Gasteiger partial charge in [-0.15, -0.1) is 0 Å². The summed E-state index contributed by atoms with van der Waals surface area (Å²) >= 11 is 0. The van der Waals surface area contributed by atoms with E-state index in [1.54, 1.807) is 35.9 Å². The topological polar surface area (TPSA) is 119 Å². The lowest BCUT2D eigenvalue weighted by Gasteiger charge is -2.06. The Balaban J connectivity index is 1.93. The summed E-state index contributed by atoms with van der Waals surface area (Å²) in [7, 11) is 1.63. The van der Waals surface area contributed by atoms with Crippen molar-refractivity contribution in [3.05, 3.63) is 76.1 Å². The summed E-state index contributed by atoms with van der Waals surface area (Å²) in [6, 6.07) is 18.5. The van der Waals surface area contributed by atoms with Crippen LogP contribution in [-0.2, 0) is 20.1 Å². The minimum absolute atomic E-state index is 0.103. The molecular formula is C23H23N5O4+2. The maximum absolute atomic E-state index is 13.4. The summed E-state index contributed by atoms with van der Waals surface area (Å²) in [6.07, 6.45) is 0.326. The number of nitriles is 1. The van der Waals surface area contributed by atoms with Crippen molar-refractivity contribution in [2.24, 2.45) is 7.05 Å². The number of aromatic hydroxyl groups is 1. The van der Waals surface area contributed by atoms with Crippen LogP contribution in [0.5, 0.6) is 17.8 Å². The minimum atomic E-state index is -0.406.